The first-order valence-electron chi connectivity index (χ1n) is 7.76. The smallest absolute Gasteiger partial charge is 0.221 e. The molecule has 1 aromatic heterocycles. The summed E-state index contributed by atoms with van der Waals surface area (Å²) in [4.78, 5) is 19.9. The highest BCUT2D eigenvalue weighted by molar-refractivity contribution is 5.88. The third kappa shape index (κ3) is 4.32. The monoisotopic (exact) mass is 334 g/mol. The van der Waals surface area contributed by atoms with Crippen LogP contribution in [-0.4, -0.2) is 23.0 Å². The molecule has 3 aromatic rings. The second-order valence-electron chi connectivity index (χ2n) is 5.38. The zero-order valence-electron chi connectivity index (χ0n) is 14.0. The number of benzene rings is 2. The van der Waals surface area contributed by atoms with Crippen LogP contribution in [0.25, 0.3) is 11.4 Å². The lowest BCUT2D eigenvalue weighted by Crippen LogP contribution is -2.05. The molecule has 6 nitrogen and oxygen atoms in total. The van der Waals surface area contributed by atoms with Crippen molar-refractivity contribution in [3.05, 3.63) is 60.8 Å². The number of carbonyl (C=O) groups is 1. The Labute approximate surface area is 145 Å². The zero-order valence-corrected chi connectivity index (χ0v) is 14.0. The second kappa shape index (κ2) is 7.44. The molecule has 0 aliphatic carbocycles. The highest BCUT2D eigenvalue weighted by atomic mass is 16.5. The summed E-state index contributed by atoms with van der Waals surface area (Å²) >= 11 is 0. The third-order valence-corrected chi connectivity index (χ3v) is 3.48. The van der Waals surface area contributed by atoms with Crippen molar-refractivity contribution in [1.82, 2.24) is 9.97 Å². The lowest BCUT2D eigenvalue weighted by molar-refractivity contribution is -0.114. The summed E-state index contributed by atoms with van der Waals surface area (Å²) in [6.45, 7) is 1.48. The molecule has 6 heteroatoms. The van der Waals surface area contributed by atoms with Crippen molar-refractivity contribution < 1.29 is 9.53 Å². The molecule has 25 heavy (non-hydrogen) atoms. The average molecular weight is 334 g/mol. The number of carbonyl (C=O) groups excluding carboxylic acids is 1. The third-order valence-electron chi connectivity index (χ3n) is 3.48. The molecular formula is C19H18N4O2. The van der Waals surface area contributed by atoms with E-state index >= 15 is 0 Å². The van der Waals surface area contributed by atoms with Crippen LogP contribution in [0.15, 0.2) is 60.8 Å². The number of hydrogen-bond acceptors (Lipinski definition) is 5. The molecule has 0 atom stereocenters. The van der Waals surface area contributed by atoms with Crippen LogP contribution in [0, 0.1) is 0 Å². The normalized spacial score (nSPS) is 10.2. The van der Waals surface area contributed by atoms with E-state index in [1.54, 1.807) is 19.4 Å². The molecule has 0 fully saturated rings. The minimum Gasteiger partial charge on any atom is -0.497 e. The predicted octanol–water partition coefficient (Wildman–Crippen LogP) is 3.85. The van der Waals surface area contributed by atoms with Crippen LogP contribution in [0.5, 0.6) is 5.75 Å². The van der Waals surface area contributed by atoms with E-state index in [2.05, 4.69) is 20.6 Å². The van der Waals surface area contributed by atoms with Gasteiger partial charge in [0.15, 0.2) is 5.82 Å². The fourth-order valence-corrected chi connectivity index (χ4v) is 2.30. The molecule has 0 spiro atoms. The van der Waals surface area contributed by atoms with Gasteiger partial charge in [0.05, 0.1) is 7.11 Å². The number of nitrogens with zero attached hydrogens (tertiary/aromatic N) is 2. The van der Waals surface area contributed by atoms with Crippen LogP contribution in [0.1, 0.15) is 6.92 Å². The molecule has 3 rings (SSSR count). The van der Waals surface area contributed by atoms with E-state index in [0.717, 1.165) is 22.7 Å². The highest BCUT2D eigenvalue weighted by Gasteiger charge is 2.04. The number of hydrogen-bond donors (Lipinski definition) is 2. The molecule has 0 saturated heterocycles. The number of methoxy groups -OCH3 is 1. The first-order chi connectivity index (χ1) is 12.1. The van der Waals surface area contributed by atoms with Gasteiger partial charge in [0, 0.05) is 30.1 Å². The summed E-state index contributed by atoms with van der Waals surface area (Å²) < 4.78 is 5.16. The van der Waals surface area contributed by atoms with Crippen LogP contribution in [-0.2, 0) is 4.79 Å². The van der Waals surface area contributed by atoms with Crippen molar-refractivity contribution in [2.24, 2.45) is 0 Å². The van der Waals surface area contributed by atoms with E-state index in [-0.39, 0.29) is 5.91 Å². The molecule has 2 N–H and O–H groups in total. The van der Waals surface area contributed by atoms with Crippen LogP contribution in [0.2, 0.25) is 0 Å². The summed E-state index contributed by atoms with van der Waals surface area (Å²) in [7, 11) is 1.63. The molecule has 126 valence electrons. The van der Waals surface area contributed by atoms with Gasteiger partial charge >= 0.3 is 0 Å². The van der Waals surface area contributed by atoms with Crippen molar-refractivity contribution in [2.45, 2.75) is 6.92 Å². The lowest BCUT2D eigenvalue weighted by atomic mass is 10.2. The summed E-state index contributed by atoms with van der Waals surface area (Å²) in [6.07, 6.45) is 1.71. The van der Waals surface area contributed by atoms with Gasteiger partial charge in [-0.1, -0.05) is 0 Å². The molecule has 1 heterocycles. The molecule has 0 radical (unpaired) electrons. The van der Waals surface area contributed by atoms with Gasteiger partial charge in [-0.05, 0) is 54.6 Å². The van der Waals surface area contributed by atoms with Gasteiger partial charge in [0.1, 0.15) is 11.6 Å². The quantitative estimate of drug-likeness (QED) is 0.741. The van der Waals surface area contributed by atoms with Crippen LogP contribution in [0.3, 0.4) is 0 Å². The molecule has 0 saturated carbocycles. The molecule has 2 aromatic carbocycles. The fourth-order valence-electron chi connectivity index (χ4n) is 2.30. The second-order valence-corrected chi connectivity index (χ2v) is 5.38. The summed E-state index contributed by atoms with van der Waals surface area (Å²) in [5.74, 6) is 2.01. The van der Waals surface area contributed by atoms with E-state index < -0.39 is 0 Å². The van der Waals surface area contributed by atoms with Crippen molar-refractivity contribution in [2.75, 3.05) is 17.7 Å². The number of anilines is 3. The molecule has 0 aliphatic heterocycles. The molecule has 0 aliphatic rings. The predicted molar refractivity (Wildman–Crippen MR) is 98.0 cm³/mol. The van der Waals surface area contributed by atoms with Crippen molar-refractivity contribution in [1.29, 1.82) is 0 Å². The highest BCUT2D eigenvalue weighted by Crippen LogP contribution is 2.22. The molecule has 1 amide bonds. The van der Waals surface area contributed by atoms with Crippen molar-refractivity contribution in [3.8, 4) is 17.1 Å². The van der Waals surface area contributed by atoms with E-state index in [0.29, 0.717) is 11.6 Å². The minimum absolute atomic E-state index is 0.0966. The van der Waals surface area contributed by atoms with Gasteiger partial charge in [-0.25, -0.2) is 9.97 Å². The Morgan fingerprint density at radius 2 is 1.64 bits per heavy atom. The lowest BCUT2D eigenvalue weighted by Gasteiger charge is -2.08. The van der Waals surface area contributed by atoms with Gasteiger partial charge in [0.2, 0.25) is 5.91 Å². The summed E-state index contributed by atoms with van der Waals surface area (Å²) in [5, 5.41) is 5.96. The van der Waals surface area contributed by atoms with Gasteiger partial charge in [-0.3, -0.25) is 4.79 Å². The van der Waals surface area contributed by atoms with Gasteiger partial charge < -0.3 is 15.4 Å². The van der Waals surface area contributed by atoms with Crippen molar-refractivity contribution >= 4 is 23.1 Å². The van der Waals surface area contributed by atoms with E-state index in [1.807, 2.05) is 48.5 Å². The minimum atomic E-state index is -0.0966. The Morgan fingerprint density at radius 3 is 2.28 bits per heavy atom. The molecule has 0 bridgehead atoms. The zero-order chi connectivity index (χ0) is 17.6. The SMILES string of the molecule is COc1ccc(-c2nccc(Nc3ccc(NC(C)=O)cc3)n2)cc1. The summed E-state index contributed by atoms with van der Waals surface area (Å²) in [6, 6.07) is 16.8. The van der Waals surface area contributed by atoms with Crippen molar-refractivity contribution in [3.63, 3.8) is 0 Å². The van der Waals surface area contributed by atoms with Crippen LogP contribution < -0.4 is 15.4 Å². The first-order valence-corrected chi connectivity index (χ1v) is 7.76. The largest absolute Gasteiger partial charge is 0.497 e. The van der Waals surface area contributed by atoms with Gasteiger partial charge in [0.25, 0.3) is 0 Å². The van der Waals surface area contributed by atoms with E-state index in [4.69, 9.17) is 4.74 Å². The average Bonchev–Trinajstić information content (AvgIpc) is 2.63. The topological polar surface area (TPSA) is 76.1 Å². The number of amides is 1. The van der Waals surface area contributed by atoms with E-state index in [1.165, 1.54) is 6.92 Å². The van der Waals surface area contributed by atoms with Crippen LogP contribution in [0.4, 0.5) is 17.2 Å². The number of nitrogens with one attached hydrogen (secondary N) is 2. The number of ether oxygens (including phenoxy) is 1. The maximum absolute atomic E-state index is 11.1. The Morgan fingerprint density at radius 1 is 0.960 bits per heavy atom. The van der Waals surface area contributed by atoms with Crippen LogP contribution >= 0.6 is 0 Å². The summed E-state index contributed by atoms with van der Waals surface area (Å²) in [5.41, 5.74) is 2.53. The van der Waals surface area contributed by atoms with Gasteiger partial charge in [-0.15, -0.1) is 0 Å². The first kappa shape index (κ1) is 16.4. The Kier molecular flexibility index (Phi) is 4.89. The van der Waals surface area contributed by atoms with E-state index in [9.17, 15) is 4.79 Å². The molecular weight excluding hydrogens is 316 g/mol. The maximum atomic E-state index is 11.1. The Hall–Kier alpha value is -3.41. The number of rotatable bonds is 5. The Bertz CT molecular complexity index is 861. The standard InChI is InChI=1S/C19H18N4O2/c1-13(24)21-15-5-7-16(8-6-15)22-18-11-12-20-19(23-18)14-3-9-17(25-2)10-4-14/h3-12H,1-2H3,(H,21,24)(H,20,22,23). The maximum Gasteiger partial charge on any atom is 0.221 e. The Balaban J connectivity index is 1.76. The van der Waals surface area contributed by atoms with Gasteiger partial charge in [-0.2, -0.15) is 0 Å². The number of aromatic nitrogens is 2. The molecule has 0 unspecified atom stereocenters. The fraction of sp³-hybridized carbons (Fsp3) is 0.105.